The van der Waals surface area contributed by atoms with Gasteiger partial charge in [-0.05, 0) is 42.8 Å². The molecule has 1 atom stereocenters. The van der Waals surface area contributed by atoms with Crippen molar-refractivity contribution in [3.05, 3.63) is 71.2 Å². The molecule has 3 heteroatoms. The van der Waals surface area contributed by atoms with Gasteiger partial charge in [0.25, 0.3) is 0 Å². The Hall–Kier alpha value is -2.13. The Labute approximate surface area is 110 Å². The van der Waals surface area contributed by atoms with Gasteiger partial charge in [0.2, 0.25) is 0 Å². The van der Waals surface area contributed by atoms with Crippen LogP contribution in [-0.2, 0) is 0 Å². The maximum atomic E-state index is 12.9. The molecule has 0 saturated carbocycles. The maximum Gasteiger partial charge on any atom is 0.134 e. The summed E-state index contributed by atoms with van der Waals surface area (Å²) in [6, 6.07) is 13.7. The molecule has 96 valence electrons. The van der Waals surface area contributed by atoms with E-state index >= 15 is 0 Å². The Morgan fingerprint density at radius 2 is 1.79 bits per heavy atom. The van der Waals surface area contributed by atoms with Crippen LogP contribution >= 0.6 is 0 Å². The lowest BCUT2D eigenvalue weighted by atomic mass is 10.1. The van der Waals surface area contributed by atoms with Gasteiger partial charge in [0.15, 0.2) is 0 Å². The molecule has 2 N–H and O–H groups in total. The Morgan fingerprint density at radius 1 is 1.05 bits per heavy atom. The molecule has 1 aromatic heterocycles. The van der Waals surface area contributed by atoms with Gasteiger partial charge < -0.3 is 10.2 Å². The average molecular weight is 255 g/mol. The van der Waals surface area contributed by atoms with E-state index in [1.807, 2.05) is 25.1 Å². The van der Waals surface area contributed by atoms with E-state index in [9.17, 15) is 4.39 Å². The monoisotopic (exact) mass is 255 g/mol. The zero-order valence-corrected chi connectivity index (χ0v) is 10.6. The van der Waals surface area contributed by atoms with E-state index in [1.165, 1.54) is 17.7 Å². The molecule has 0 fully saturated rings. The van der Waals surface area contributed by atoms with Gasteiger partial charge in [-0.1, -0.05) is 23.8 Å². The van der Waals surface area contributed by atoms with Crippen molar-refractivity contribution in [3.63, 3.8) is 0 Å². The van der Waals surface area contributed by atoms with Crippen LogP contribution in [0.1, 0.15) is 22.9 Å². The van der Waals surface area contributed by atoms with Crippen LogP contribution in [0.15, 0.2) is 52.9 Å². The normalized spacial score (nSPS) is 12.8. The van der Waals surface area contributed by atoms with E-state index in [4.69, 9.17) is 10.2 Å². The molecule has 0 amide bonds. The summed E-state index contributed by atoms with van der Waals surface area (Å²) in [4.78, 5) is 0. The minimum atomic E-state index is -0.381. The van der Waals surface area contributed by atoms with Crippen molar-refractivity contribution in [1.29, 1.82) is 0 Å². The molecular weight excluding hydrogens is 241 g/mol. The first-order valence-electron chi connectivity index (χ1n) is 6.14. The van der Waals surface area contributed by atoms with Crippen LogP contribution in [0.2, 0.25) is 0 Å². The second-order valence-electron chi connectivity index (χ2n) is 4.72. The summed E-state index contributed by atoms with van der Waals surface area (Å²) in [7, 11) is 0. The van der Waals surface area contributed by atoms with E-state index < -0.39 is 0 Å². The highest BCUT2D eigenvalue weighted by Crippen LogP contribution is 2.27. The largest absolute Gasteiger partial charge is 0.459 e. The molecule has 0 bridgehead atoms. The maximum absolute atomic E-state index is 12.9. The van der Waals surface area contributed by atoms with Gasteiger partial charge in [-0.15, -0.1) is 0 Å². The number of hydrogen-bond acceptors (Lipinski definition) is 2. The van der Waals surface area contributed by atoms with Crippen LogP contribution in [0.5, 0.6) is 0 Å². The second kappa shape index (κ2) is 4.52. The van der Waals surface area contributed by atoms with Crippen LogP contribution < -0.4 is 5.73 Å². The number of benzene rings is 2. The number of rotatable bonds is 2. The minimum Gasteiger partial charge on any atom is -0.459 e. The van der Waals surface area contributed by atoms with Gasteiger partial charge in [-0.3, -0.25) is 0 Å². The molecule has 1 unspecified atom stereocenters. The third-order valence-corrected chi connectivity index (χ3v) is 3.23. The fourth-order valence-electron chi connectivity index (χ4n) is 2.17. The third kappa shape index (κ3) is 2.25. The highest BCUT2D eigenvalue weighted by atomic mass is 19.1. The number of furan rings is 1. The Kier molecular flexibility index (Phi) is 2.84. The predicted octanol–water partition coefficient (Wildman–Crippen LogP) is 3.93. The highest BCUT2D eigenvalue weighted by molar-refractivity contribution is 5.78. The molecule has 3 aromatic rings. The number of nitrogens with two attached hydrogens (primary N) is 1. The molecule has 0 spiro atoms. The molecule has 0 aliphatic rings. The van der Waals surface area contributed by atoms with Crippen molar-refractivity contribution in [2.24, 2.45) is 5.73 Å². The number of hydrogen-bond donors (Lipinski definition) is 1. The van der Waals surface area contributed by atoms with Crippen LogP contribution in [0.4, 0.5) is 4.39 Å². The lowest BCUT2D eigenvalue weighted by Crippen LogP contribution is -2.10. The van der Waals surface area contributed by atoms with Crippen LogP contribution in [-0.4, -0.2) is 0 Å². The molecule has 0 saturated heterocycles. The summed E-state index contributed by atoms with van der Waals surface area (Å²) in [5.74, 6) is 0.420. The molecule has 2 nitrogen and oxygen atoms in total. The Bertz CT molecular complexity index is 715. The molecule has 3 rings (SSSR count). The van der Waals surface area contributed by atoms with E-state index in [0.717, 1.165) is 16.5 Å². The van der Waals surface area contributed by atoms with Gasteiger partial charge in [0.1, 0.15) is 17.2 Å². The van der Waals surface area contributed by atoms with Gasteiger partial charge in [-0.25, -0.2) is 4.39 Å². The number of aryl methyl sites for hydroxylation is 1. The second-order valence-corrected chi connectivity index (χ2v) is 4.72. The van der Waals surface area contributed by atoms with Gasteiger partial charge >= 0.3 is 0 Å². The topological polar surface area (TPSA) is 39.2 Å². The highest BCUT2D eigenvalue weighted by Gasteiger charge is 2.14. The molecule has 1 heterocycles. The lowest BCUT2D eigenvalue weighted by Gasteiger charge is -2.08. The Morgan fingerprint density at radius 3 is 2.53 bits per heavy atom. The summed E-state index contributed by atoms with van der Waals surface area (Å²) in [6.07, 6.45) is 0. The first-order chi connectivity index (χ1) is 9.13. The molecule has 2 aromatic carbocycles. The fraction of sp³-hybridized carbons (Fsp3) is 0.125. The van der Waals surface area contributed by atoms with E-state index in [0.29, 0.717) is 5.76 Å². The Balaban J connectivity index is 2.01. The van der Waals surface area contributed by atoms with E-state index in [2.05, 4.69) is 6.07 Å². The fourth-order valence-corrected chi connectivity index (χ4v) is 2.17. The first-order valence-corrected chi connectivity index (χ1v) is 6.14. The average Bonchev–Trinajstić information content (AvgIpc) is 2.81. The van der Waals surface area contributed by atoms with Crippen LogP contribution in [0.25, 0.3) is 11.0 Å². The van der Waals surface area contributed by atoms with Crippen molar-refractivity contribution < 1.29 is 8.81 Å². The van der Waals surface area contributed by atoms with Crippen molar-refractivity contribution in [2.75, 3.05) is 0 Å². The van der Waals surface area contributed by atoms with E-state index in [-0.39, 0.29) is 11.9 Å². The summed E-state index contributed by atoms with van der Waals surface area (Å²) in [5.41, 5.74) is 8.98. The molecular formula is C16H14FNO. The zero-order valence-electron chi connectivity index (χ0n) is 10.6. The summed E-state index contributed by atoms with van der Waals surface area (Å²) >= 11 is 0. The zero-order chi connectivity index (χ0) is 13.4. The van der Waals surface area contributed by atoms with E-state index in [1.54, 1.807) is 12.1 Å². The summed E-state index contributed by atoms with van der Waals surface area (Å²) in [5, 5.41) is 1.03. The quantitative estimate of drug-likeness (QED) is 0.753. The molecule has 0 radical (unpaired) electrons. The van der Waals surface area contributed by atoms with Crippen LogP contribution in [0, 0.1) is 12.7 Å². The first kappa shape index (κ1) is 11.9. The van der Waals surface area contributed by atoms with Gasteiger partial charge in [0.05, 0.1) is 6.04 Å². The standard InChI is InChI=1S/C16H14FNO/c1-10-2-7-14-12(8-10)9-15(19-14)16(18)11-3-5-13(17)6-4-11/h2-9,16H,18H2,1H3. The molecule has 19 heavy (non-hydrogen) atoms. The SMILES string of the molecule is Cc1ccc2oc(C(N)c3ccc(F)cc3)cc2c1. The molecule has 0 aliphatic heterocycles. The summed E-state index contributed by atoms with van der Waals surface area (Å²) < 4.78 is 18.7. The van der Waals surface area contributed by atoms with Crippen molar-refractivity contribution >= 4 is 11.0 Å². The van der Waals surface area contributed by atoms with Gasteiger partial charge in [-0.2, -0.15) is 0 Å². The predicted molar refractivity (Wildman–Crippen MR) is 73.4 cm³/mol. The smallest absolute Gasteiger partial charge is 0.134 e. The lowest BCUT2D eigenvalue weighted by molar-refractivity contribution is 0.524. The van der Waals surface area contributed by atoms with Crippen molar-refractivity contribution in [1.82, 2.24) is 0 Å². The summed E-state index contributed by atoms with van der Waals surface area (Å²) in [6.45, 7) is 2.03. The molecule has 0 aliphatic carbocycles. The van der Waals surface area contributed by atoms with Crippen molar-refractivity contribution in [2.45, 2.75) is 13.0 Å². The minimum absolute atomic E-state index is 0.267. The number of fused-ring (bicyclic) bond motifs is 1. The number of halogens is 1. The third-order valence-electron chi connectivity index (χ3n) is 3.23. The van der Waals surface area contributed by atoms with Crippen molar-refractivity contribution in [3.8, 4) is 0 Å². The van der Waals surface area contributed by atoms with Crippen LogP contribution in [0.3, 0.4) is 0 Å². The van der Waals surface area contributed by atoms with Gasteiger partial charge in [0, 0.05) is 5.39 Å².